The number of nitrogen functional groups attached to an aromatic ring is 1. The molecule has 0 saturated carbocycles. The van der Waals surface area contributed by atoms with Crippen LogP contribution in [0.4, 0.5) is 5.69 Å². The van der Waals surface area contributed by atoms with Gasteiger partial charge in [-0.05, 0) is 36.2 Å². The first-order valence-corrected chi connectivity index (χ1v) is 6.13. The Bertz CT molecular complexity index is 469. The maximum absolute atomic E-state index is 6.01. The van der Waals surface area contributed by atoms with E-state index < -0.39 is 0 Å². The van der Waals surface area contributed by atoms with Gasteiger partial charge >= 0.3 is 0 Å². The zero-order chi connectivity index (χ0) is 11.4. The van der Waals surface area contributed by atoms with Gasteiger partial charge in [0.1, 0.15) is 0 Å². The highest BCUT2D eigenvalue weighted by Crippen LogP contribution is 2.29. The van der Waals surface area contributed by atoms with Gasteiger partial charge in [0.15, 0.2) is 0 Å². The second-order valence-electron chi connectivity index (χ2n) is 3.63. The van der Waals surface area contributed by atoms with Crippen molar-refractivity contribution in [1.82, 2.24) is 4.98 Å². The van der Waals surface area contributed by atoms with Crippen LogP contribution in [0.3, 0.4) is 0 Å². The van der Waals surface area contributed by atoms with Crippen LogP contribution in [0.1, 0.15) is 11.1 Å². The Morgan fingerprint density at radius 1 is 1.19 bits per heavy atom. The summed E-state index contributed by atoms with van der Waals surface area (Å²) in [6, 6.07) is 10.2. The zero-order valence-corrected chi connectivity index (χ0v) is 10.00. The van der Waals surface area contributed by atoms with Crippen LogP contribution in [0.5, 0.6) is 0 Å². The van der Waals surface area contributed by atoms with Crippen LogP contribution >= 0.6 is 11.8 Å². The maximum Gasteiger partial charge on any atom is 0.0482 e. The van der Waals surface area contributed by atoms with Crippen molar-refractivity contribution in [2.75, 3.05) is 5.73 Å². The molecule has 0 amide bonds. The number of para-hydroxylation sites is 1. The second-order valence-corrected chi connectivity index (χ2v) is 4.65. The number of anilines is 1. The van der Waals surface area contributed by atoms with E-state index in [9.17, 15) is 0 Å². The van der Waals surface area contributed by atoms with Crippen molar-refractivity contribution in [1.29, 1.82) is 0 Å². The van der Waals surface area contributed by atoms with Crippen LogP contribution in [0.15, 0.2) is 47.6 Å². The van der Waals surface area contributed by atoms with E-state index in [0.717, 1.165) is 21.9 Å². The molecule has 1 aromatic heterocycles. The minimum atomic E-state index is 0.890. The van der Waals surface area contributed by atoms with Gasteiger partial charge < -0.3 is 5.73 Å². The van der Waals surface area contributed by atoms with E-state index in [0.29, 0.717) is 0 Å². The number of pyridine rings is 1. The zero-order valence-electron chi connectivity index (χ0n) is 9.18. The highest BCUT2D eigenvalue weighted by Gasteiger charge is 2.02. The van der Waals surface area contributed by atoms with Gasteiger partial charge in [-0.1, -0.05) is 12.1 Å². The first kappa shape index (κ1) is 11.0. The van der Waals surface area contributed by atoms with E-state index in [4.69, 9.17) is 5.73 Å². The molecule has 0 saturated heterocycles. The van der Waals surface area contributed by atoms with Crippen LogP contribution < -0.4 is 5.73 Å². The Kier molecular flexibility index (Phi) is 3.47. The number of aryl methyl sites for hydroxylation is 1. The van der Waals surface area contributed by atoms with Crippen molar-refractivity contribution in [3.8, 4) is 0 Å². The predicted octanol–water partition coefficient (Wildman–Crippen LogP) is 3.26. The number of nitrogens with zero attached hydrogens (tertiary/aromatic N) is 1. The molecule has 2 rings (SSSR count). The summed E-state index contributed by atoms with van der Waals surface area (Å²) >= 11 is 1.76. The molecule has 2 nitrogen and oxygen atoms in total. The molecule has 2 aromatic rings. The van der Waals surface area contributed by atoms with Gasteiger partial charge in [-0.15, -0.1) is 11.8 Å². The number of aromatic nitrogens is 1. The van der Waals surface area contributed by atoms with Crippen LogP contribution in [0.2, 0.25) is 0 Å². The van der Waals surface area contributed by atoms with Crippen molar-refractivity contribution in [2.45, 2.75) is 17.6 Å². The van der Waals surface area contributed by atoms with E-state index in [-0.39, 0.29) is 0 Å². The van der Waals surface area contributed by atoms with Gasteiger partial charge in [-0.25, -0.2) is 0 Å². The summed E-state index contributed by atoms with van der Waals surface area (Å²) in [5, 5.41) is 0. The summed E-state index contributed by atoms with van der Waals surface area (Å²) in [6.45, 7) is 2.03. The SMILES string of the molecule is Cc1cccc(SCc2ccncc2)c1N. The number of nitrogens with two attached hydrogens (primary N) is 1. The summed E-state index contributed by atoms with van der Waals surface area (Å²) < 4.78 is 0. The fraction of sp³-hybridized carbons (Fsp3) is 0.154. The van der Waals surface area contributed by atoms with Crippen LogP contribution in [0.25, 0.3) is 0 Å². The molecule has 0 fully saturated rings. The molecular weight excluding hydrogens is 216 g/mol. The Morgan fingerprint density at radius 2 is 1.94 bits per heavy atom. The van der Waals surface area contributed by atoms with Crippen molar-refractivity contribution < 1.29 is 0 Å². The molecule has 16 heavy (non-hydrogen) atoms. The molecule has 0 unspecified atom stereocenters. The topological polar surface area (TPSA) is 38.9 Å². The molecule has 1 heterocycles. The number of benzene rings is 1. The summed E-state index contributed by atoms with van der Waals surface area (Å²) in [6.07, 6.45) is 3.63. The summed E-state index contributed by atoms with van der Waals surface area (Å²) in [4.78, 5) is 5.15. The van der Waals surface area contributed by atoms with Crippen LogP contribution in [0, 0.1) is 6.92 Å². The van der Waals surface area contributed by atoms with Gasteiger partial charge in [-0.3, -0.25) is 4.98 Å². The van der Waals surface area contributed by atoms with Crippen LogP contribution in [-0.2, 0) is 5.75 Å². The van der Waals surface area contributed by atoms with Gasteiger partial charge in [-0.2, -0.15) is 0 Å². The molecule has 0 atom stereocenters. The molecule has 82 valence electrons. The third-order valence-electron chi connectivity index (χ3n) is 2.43. The first-order valence-electron chi connectivity index (χ1n) is 5.14. The Labute approximate surface area is 99.9 Å². The molecular formula is C13H14N2S. The largest absolute Gasteiger partial charge is 0.398 e. The normalized spacial score (nSPS) is 10.3. The predicted molar refractivity (Wildman–Crippen MR) is 69.4 cm³/mol. The summed E-state index contributed by atoms with van der Waals surface area (Å²) in [7, 11) is 0. The molecule has 0 bridgehead atoms. The number of rotatable bonds is 3. The third-order valence-corrected chi connectivity index (χ3v) is 3.57. The lowest BCUT2D eigenvalue weighted by molar-refractivity contribution is 1.27. The van der Waals surface area contributed by atoms with Crippen molar-refractivity contribution >= 4 is 17.4 Å². The lowest BCUT2D eigenvalue weighted by atomic mass is 10.2. The summed E-state index contributed by atoms with van der Waals surface area (Å²) in [5.74, 6) is 0.927. The summed E-state index contributed by atoms with van der Waals surface area (Å²) in [5.41, 5.74) is 9.31. The van der Waals surface area contributed by atoms with E-state index in [1.807, 2.05) is 43.6 Å². The average molecular weight is 230 g/mol. The van der Waals surface area contributed by atoms with Gasteiger partial charge in [0.25, 0.3) is 0 Å². The van der Waals surface area contributed by atoms with E-state index in [1.54, 1.807) is 11.8 Å². The Morgan fingerprint density at radius 3 is 2.69 bits per heavy atom. The van der Waals surface area contributed by atoms with E-state index in [2.05, 4.69) is 11.1 Å². The maximum atomic E-state index is 6.01. The quantitative estimate of drug-likeness (QED) is 0.649. The number of thioether (sulfide) groups is 1. The second kappa shape index (κ2) is 5.03. The first-order chi connectivity index (χ1) is 7.77. The van der Waals surface area contributed by atoms with E-state index in [1.165, 1.54) is 5.56 Å². The molecule has 0 aliphatic heterocycles. The van der Waals surface area contributed by atoms with Gasteiger partial charge in [0.2, 0.25) is 0 Å². The molecule has 0 radical (unpaired) electrons. The molecule has 0 spiro atoms. The molecule has 0 aliphatic carbocycles. The minimum Gasteiger partial charge on any atom is -0.398 e. The van der Waals surface area contributed by atoms with Crippen molar-refractivity contribution in [3.63, 3.8) is 0 Å². The number of hydrogen-bond donors (Lipinski definition) is 1. The smallest absolute Gasteiger partial charge is 0.0482 e. The average Bonchev–Trinajstić information content (AvgIpc) is 2.32. The van der Waals surface area contributed by atoms with Gasteiger partial charge in [0.05, 0.1) is 0 Å². The monoisotopic (exact) mass is 230 g/mol. The van der Waals surface area contributed by atoms with E-state index >= 15 is 0 Å². The minimum absolute atomic E-state index is 0.890. The Balaban J connectivity index is 2.08. The lowest BCUT2D eigenvalue weighted by Crippen LogP contribution is -1.92. The highest BCUT2D eigenvalue weighted by atomic mass is 32.2. The molecule has 2 N–H and O–H groups in total. The lowest BCUT2D eigenvalue weighted by Gasteiger charge is -2.07. The van der Waals surface area contributed by atoms with Crippen molar-refractivity contribution in [3.05, 3.63) is 53.9 Å². The number of hydrogen-bond acceptors (Lipinski definition) is 3. The molecule has 1 aromatic carbocycles. The Hall–Kier alpha value is -1.48. The highest BCUT2D eigenvalue weighted by molar-refractivity contribution is 7.98. The van der Waals surface area contributed by atoms with Gasteiger partial charge in [0, 0.05) is 28.7 Å². The fourth-order valence-electron chi connectivity index (χ4n) is 1.42. The molecule has 0 aliphatic rings. The fourth-order valence-corrected chi connectivity index (χ4v) is 2.43. The van der Waals surface area contributed by atoms with Crippen LogP contribution in [-0.4, -0.2) is 4.98 Å². The third kappa shape index (κ3) is 2.55. The van der Waals surface area contributed by atoms with Crippen molar-refractivity contribution in [2.24, 2.45) is 0 Å². The molecule has 3 heteroatoms. The standard InChI is InChI=1S/C13H14N2S/c1-10-3-2-4-12(13(10)14)16-9-11-5-7-15-8-6-11/h2-8H,9,14H2,1H3.